The van der Waals surface area contributed by atoms with Crippen molar-refractivity contribution in [1.82, 2.24) is 25.1 Å². The van der Waals surface area contributed by atoms with Crippen LogP contribution in [-0.4, -0.2) is 66.2 Å². The Hall–Kier alpha value is -2.92. The molecular weight excluding hydrogens is 678 g/mol. The molecule has 2 aromatic carbocycles. The first-order valence-electron chi connectivity index (χ1n) is 14.9. The number of alkyl halides is 2. The molecule has 0 saturated carbocycles. The average molecular weight is 720 g/mol. The highest BCUT2D eigenvalue weighted by molar-refractivity contribution is 9.09. The van der Waals surface area contributed by atoms with Crippen LogP contribution in [0.15, 0.2) is 48.5 Å². The minimum atomic E-state index is -0.672. The Kier molecular flexibility index (Phi) is 14.5. The zero-order valence-electron chi connectivity index (χ0n) is 25.2. The maximum Gasteiger partial charge on any atom is 0.329 e. The van der Waals surface area contributed by atoms with E-state index in [-0.39, 0.29) is 23.7 Å². The summed E-state index contributed by atoms with van der Waals surface area (Å²) in [5, 5.41) is 13.5. The first-order chi connectivity index (χ1) is 20.8. The van der Waals surface area contributed by atoms with Crippen molar-refractivity contribution < 1.29 is 19.1 Å². The Labute approximate surface area is 271 Å². The van der Waals surface area contributed by atoms with Crippen LogP contribution in [0, 0.1) is 5.92 Å². The van der Waals surface area contributed by atoms with Crippen LogP contribution >= 0.6 is 31.9 Å². The number of aromatic nitrogens is 4. The molecule has 0 saturated heterocycles. The number of carbonyl (C=O) groups is 3. The van der Waals surface area contributed by atoms with E-state index in [1.807, 2.05) is 69.3 Å². The standard InChI is InChI=1S/C32H41Br2N5O4/c1-4-5-13-28(40)38(30(23(2)3)32(42)43-21-9-8-19-33)22-24-15-17-25(18-16-24)26-11-6-7-12-27(26)31-35-36-37-39(31)29(41)14-10-20-34/h6-7,11-12,15-18,23,30H,4-5,8-10,13-14,19-22H2,1-3H3/t30-/m1/s1. The summed E-state index contributed by atoms with van der Waals surface area (Å²) in [5.74, 6) is -0.295. The zero-order valence-corrected chi connectivity index (χ0v) is 28.3. The predicted molar refractivity (Wildman–Crippen MR) is 175 cm³/mol. The van der Waals surface area contributed by atoms with E-state index in [2.05, 4.69) is 47.4 Å². The number of tetrazole rings is 1. The second-order valence-electron chi connectivity index (χ2n) is 10.7. The maximum atomic E-state index is 13.4. The Morgan fingerprint density at radius 2 is 1.60 bits per heavy atom. The van der Waals surface area contributed by atoms with Crippen molar-refractivity contribution in [2.45, 2.75) is 78.3 Å². The number of hydrogen-bond donors (Lipinski definition) is 0. The van der Waals surface area contributed by atoms with E-state index in [1.54, 1.807) is 4.90 Å². The van der Waals surface area contributed by atoms with Gasteiger partial charge in [-0.1, -0.05) is 108 Å². The highest BCUT2D eigenvalue weighted by Crippen LogP contribution is 2.31. The first-order valence-corrected chi connectivity index (χ1v) is 17.1. The van der Waals surface area contributed by atoms with Crippen LogP contribution in [0.5, 0.6) is 0 Å². The highest BCUT2D eigenvalue weighted by Gasteiger charge is 2.33. The minimum absolute atomic E-state index is 0.0520. The number of amides is 1. The van der Waals surface area contributed by atoms with Gasteiger partial charge in [0, 0.05) is 35.6 Å². The molecule has 1 heterocycles. The van der Waals surface area contributed by atoms with Gasteiger partial charge >= 0.3 is 5.97 Å². The lowest BCUT2D eigenvalue weighted by molar-refractivity contribution is -0.158. The molecule has 1 aromatic heterocycles. The van der Waals surface area contributed by atoms with Crippen LogP contribution < -0.4 is 0 Å². The van der Waals surface area contributed by atoms with Crippen molar-refractivity contribution in [3.8, 4) is 22.5 Å². The normalized spacial score (nSPS) is 11.9. The van der Waals surface area contributed by atoms with Crippen molar-refractivity contribution in [1.29, 1.82) is 0 Å². The van der Waals surface area contributed by atoms with Gasteiger partial charge in [-0.3, -0.25) is 9.59 Å². The molecular formula is C32H41Br2N5O4. The van der Waals surface area contributed by atoms with Gasteiger partial charge in [0.25, 0.3) is 0 Å². The summed E-state index contributed by atoms with van der Waals surface area (Å²) in [6.07, 6.45) is 4.73. The second-order valence-corrected chi connectivity index (χ2v) is 12.3. The third kappa shape index (κ3) is 9.79. The van der Waals surface area contributed by atoms with E-state index in [9.17, 15) is 14.4 Å². The summed E-state index contributed by atoms with van der Waals surface area (Å²) in [7, 11) is 0. The molecule has 0 N–H and O–H groups in total. The van der Waals surface area contributed by atoms with Crippen molar-refractivity contribution in [3.63, 3.8) is 0 Å². The number of rotatable bonds is 17. The molecule has 9 nitrogen and oxygen atoms in total. The number of esters is 1. The molecule has 1 amide bonds. The third-order valence-corrected chi connectivity index (χ3v) is 8.18. The van der Waals surface area contributed by atoms with Gasteiger partial charge in [0.15, 0.2) is 5.82 Å². The lowest BCUT2D eigenvalue weighted by Crippen LogP contribution is -2.48. The molecule has 0 spiro atoms. The van der Waals surface area contributed by atoms with Crippen LogP contribution in [0.25, 0.3) is 22.5 Å². The number of hydrogen-bond acceptors (Lipinski definition) is 7. The summed E-state index contributed by atoms with van der Waals surface area (Å²) in [5.41, 5.74) is 3.43. The number of nitrogens with zero attached hydrogens (tertiary/aromatic N) is 5. The first kappa shape index (κ1) is 34.6. The van der Waals surface area contributed by atoms with Crippen LogP contribution in [0.2, 0.25) is 0 Å². The maximum absolute atomic E-state index is 13.4. The Morgan fingerprint density at radius 1 is 0.907 bits per heavy atom. The molecule has 1 atom stereocenters. The molecule has 0 unspecified atom stereocenters. The number of benzene rings is 2. The molecule has 3 rings (SSSR count). The molecule has 0 radical (unpaired) electrons. The SMILES string of the molecule is CCCCC(=O)N(Cc1ccc(-c2ccccc2-c2nnnn2C(=O)CCCBr)cc1)[C@@H](C(=O)OCCCCBr)C(C)C. The zero-order chi connectivity index (χ0) is 31.2. The molecule has 11 heteroatoms. The topological polar surface area (TPSA) is 107 Å². The minimum Gasteiger partial charge on any atom is -0.464 e. The molecule has 0 aliphatic rings. The second kappa shape index (κ2) is 18.0. The lowest BCUT2D eigenvalue weighted by atomic mass is 9.97. The fourth-order valence-electron chi connectivity index (χ4n) is 4.79. The number of unbranched alkanes of at least 4 members (excludes halogenated alkanes) is 2. The van der Waals surface area contributed by atoms with E-state index in [4.69, 9.17) is 4.74 Å². The van der Waals surface area contributed by atoms with Crippen LogP contribution in [0.3, 0.4) is 0 Å². The van der Waals surface area contributed by atoms with Crippen molar-refractivity contribution >= 4 is 49.6 Å². The summed E-state index contributed by atoms with van der Waals surface area (Å²) < 4.78 is 6.88. The van der Waals surface area contributed by atoms with Crippen LogP contribution in [0.1, 0.15) is 76.1 Å². The highest BCUT2D eigenvalue weighted by atomic mass is 79.9. The van der Waals surface area contributed by atoms with E-state index in [0.29, 0.717) is 38.2 Å². The summed E-state index contributed by atoms with van der Waals surface area (Å²) >= 11 is 6.77. The summed E-state index contributed by atoms with van der Waals surface area (Å²) in [6.45, 7) is 6.57. The fraction of sp³-hybridized carbons (Fsp3) is 0.500. The molecule has 0 bridgehead atoms. The number of carbonyl (C=O) groups excluding carboxylic acids is 3. The molecule has 3 aromatic rings. The van der Waals surface area contributed by atoms with Gasteiger partial charge in [-0.05, 0) is 58.7 Å². The molecule has 0 aliphatic carbocycles. The van der Waals surface area contributed by atoms with Gasteiger partial charge in [0.2, 0.25) is 11.8 Å². The monoisotopic (exact) mass is 717 g/mol. The third-order valence-electron chi connectivity index (χ3n) is 7.06. The quantitative estimate of drug-likeness (QED) is 0.0635. The van der Waals surface area contributed by atoms with Crippen molar-refractivity contribution in [2.24, 2.45) is 5.92 Å². The molecule has 0 aliphatic heterocycles. The fourth-order valence-corrected chi connectivity index (χ4v) is 5.47. The van der Waals surface area contributed by atoms with Gasteiger partial charge in [-0.2, -0.15) is 4.68 Å². The summed E-state index contributed by atoms with van der Waals surface area (Å²) in [4.78, 5) is 41.0. The van der Waals surface area contributed by atoms with E-state index in [0.717, 1.165) is 58.6 Å². The van der Waals surface area contributed by atoms with Gasteiger partial charge in [0.1, 0.15) is 6.04 Å². The van der Waals surface area contributed by atoms with Crippen molar-refractivity contribution in [3.05, 3.63) is 54.1 Å². The number of ether oxygens (including phenoxy) is 1. The molecule has 232 valence electrons. The predicted octanol–water partition coefficient (Wildman–Crippen LogP) is 7.08. The van der Waals surface area contributed by atoms with E-state index < -0.39 is 6.04 Å². The molecule has 43 heavy (non-hydrogen) atoms. The Morgan fingerprint density at radius 3 is 2.26 bits per heavy atom. The van der Waals surface area contributed by atoms with Gasteiger partial charge in [-0.15, -0.1) is 5.10 Å². The van der Waals surface area contributed by atoms with Gasteiger partial charge in [0.05, 0.1) is 6.61 Å². The van der Waals surface area contributed by atoms with Gasteiger partial charge < -0.3 is 9.64 Å². The largest absolute Gasteiger partial charge is 0.464 e. The molecule has 0 fully saturated rings. The van der Waals surface area contributed by atoms with Crippen LogP contribution in [-0.2, 0) is 20.9 Å². The van der Waals surface area contributed by atoms with Crippen LogP contribution in [0.4, 0.5) is 0 Å². The van der Waals surface area contributed by atoms with Gasteiger partial charge in [-0.25, -0.2) is 4.79 Å². The smallest absolute Gasteiger partial charge is 0.329 e. The van der Waals surface area contributed by atoms with E-state index in [1.165, 1.54) is 4.68 Å². The van der Waals surface area contributed by atoms with E-state index >= 15 is 0 Å². The Bertz CT molecular complexity index is 1330. The summed E-state index contributed by atoms with van der Waals surface area (Å²) in [6, 6.07) is 14.9. The lowest BCUT2D eigenvalue weighted by Gasteiger charge is -2.33. The number of halogens is 2. The Balaban J connectivity index is 1.88. The van der Waals surface area contributed by atoms with Crippen molar-refractivity contribution in [2.75, 3.05) is 17.3 Å². The average Bonchev–Trinajstić information content (AvgIpc) is 3.51.